The number of fused-ring (bicyclic) bond motifs is 1. The van der Waals surface area contributed by atoms with E-state index < -0.39 is 0 Å². The van der Waals surface area contributed by atoms with Gasteiger partial charge in [0.05, 0.1) is 18.3 Å². The fourth-order valence-electron chi connectivity index (χ4n) is 2.88. The van der Waals surface area contributed by atoms with Crippen LogP contribution in [-0.2, 0) is 25.3 Å². The van der Waals surface area contributed by atoms with Crippen LogP contribution in [0.25, 0.3) is 5.57 Å². The summed E-state index contributed by atoms with van der Waals surface area (Å²) in [7, 11) is 1.02. The Kier molecular flexibility index (Phi) is 8.51. The summed E-state index contributed by atoms with van der Waals surface area (Å²) in [4.78, 5) is 8.95. The number of rotatable bonds is 2. The molecule has 5 heteroatoms. The molecule has 0 bridgehead atoms. The summed E-state index contributed by atoms with van der Waals surface area (Å²) in [6.45, 7) is 14.9. The largest absolute Gasteiger partial charge is 0.495 e. The average Bonchev–Trinajstić information content (AvgIpc) is 2.77. The van der Waals surface area contributed by atoms with Crippen molar-refractivity contribution in [1.29, 1.82) is 0 Å². The summed E-state index contributed by atoms with van der Waals surface area (Å²) in [6.07, 6.45) is 7.41. The van der Waals surface area contributed by atoms with Crippen molar-refractivity contribution in [3.05, 3.63) is 47.6 Å². The molecule has 1 saturated heterocycles. The third kappa shape index (κ3) is 5.33. The molecule has 1 aliphatic carbocycles. The molecule has 0 aromatic heterocycles. The number of benzene rings is 1. The van der Waals surface area contributed by atoms with Crippen molar-refractivity contribution < 1.29 is 18.8 Å². The summed E-state index contributed by atoms with van der Waals surface area (Å²) in [5.74, 6) is 0. The Labute approximate surface area is 164 Å². The number of allylic oxidation sites excluding steroid dienone is 4. The van der Waals surface area contributed by atoms with Gasteiger partial charge in [0.2, 0.25) is 0 Å². The van der Waals surface area contributed by atoms with Gasteiger partial charge in [-0.05, 0) is 63.2 Å². The van der Waals surface area contributed by atoms with E-state index >= 15 is 0 Å². The molecule has 4 nitrogen and oxygen atoms in total. The first-order valence-corrected chi connectivity index (χ1v) is 9.51. The van der Waals surface area contributed by atoms with E-state index in [1.807, 2.05) is 13.8 Å². The first-order chi connectivity index (χ1) is 12.7. The van der Waals surface area contributed by atoms with E-state index in [1.54, 1.807) is 0 Å². The fraction of sp³-hybridized carbons (Fsp3) is 0.500. The number of hydrogen-bond acceptors (Lipinski definition) is 4. The molecule has 0 N–H and O–H groups in total. The molecule has 1 aromatic rings. The maximum Gasteiger partial charge on any atom is 0.495 e. The molecule has 1 heterocycles. The fourth-order valence-corrected chi connectivity index (χ4v) is 2.88. The predicted octanol–water partition coefficient (Wildman–Crippen LogP) is 4.32. The highest BCUT2D eigenvalue weighted by atomic mass is 16.7. The van der Waals surface area contributed by atoms with Crippen LogP contribution >= 0.6 is 0 Å². The van der Waals surface area contributed by atoms with E-state index in [4.69, 9.17) is 14.1 Å². The monoisotopic (exact) mass is 372 g/mol. The lowest BCUT2D eigenvalue weighted by atomic mass is 9.73. The van der Waals surface area contributed by atoms with Crippen molar-refractivity contribution in [1.82, 2.24) is 0 Å². The van der Waals surface area contributed by atoms with E-state index in [9.17, 15) is 0 Å². The van der Waals surface area contributed by atoms with E-state index in [-0.39, 0.29) is 18.3 Å². The van der Waals surface area contributed by atoms with Gasteiger partial charge in [-0.25, -0.2) is 0 Å². The van der Waals surface area contributed by atoms with Crippen molar-refractivity contribution in [2.24, 2.45) is 0 Å². The van der Waals surface area contributed by atoms with Gasteiger partial charge in [-0.3, -0.25) is 4.79 Å². The molecule has 0 spiro atoms. The zero-order valence-corrected chi connectivity index (χ0v) is 18.0. The van der Waals surface area contributed by atoms with Crippen LogP contribution in [0.3, 0.4) is 0 Å². The Bertz CT molecular complexity index is 674. The Morgan fingerprint density at radius 2 is 1.67 bits per heavy atom. The second-order valence-electron chi connectivity index (χ2n) is 7.28. The Hall–Kier alpha value is -1.85. The number of ether oxygens (including phenoxy) is 1. The van der Waals surface area contributed by atoms with E-state index in [2.05, 4.69) is 75.8 Å². The van der Waals surface area contributed by atoms with Gasteiger partial charge in [-0.15, -0.1) is 0 Å². The highest BCUT2D eigenvalue weighted by molar-refractivity contribution is 6.62. The summed E-state index contributed by atoms with van der Waals surface area (Å²) >= 11 is 0. The first-order valence-electron chi connectivity index (χ1n) is 9.51. The van der Waals surface area contributed by atoms with E-state index in [1.165, 1.54) is 23.8 Å². The molecular formula is C22H33BO4. The second-order valence-corrected chi connectivity index (χ2v) is 7.28. The van der Waals surface area contributed by atoms with Crippen molar-refractivity contribution >= 4 is 24.6 Å². The van der Waals surface area contributed by atoms with Crippen LogP contribution in [-0.4, -0.2) is 31.9 Å². The van der Waals surface area contributed by atoms with Crippen LogP contribution < -0.4 is 5.46 Å². The van der Waals surface area contributed by atoms with Gasteiger partial charge in [-0.2, -0.15) is 0 Å². The van der Waals surface area contributed by atoms with Crippen molar-refractivity contribution in [3.63, 3.8) is 0 Å². The molecule has 0 radical (unpaired) electrons. The maximum atomic E-state index is 8.95. The molecule has 0 unspecified atom stereocenters. The summed E-state index contributed by atoms with van der Waals surface area (Å²) in [5, 5.41) is 0. The van der Waals surface area contributed by atoms with Gasteiger partial charge in [0.15, 0.2) is 0 Å². The molecule has 1 aromatic carbocycles. The quantitative estimate of drug-likeness (QED) is 0.573. The van der Waals surface area contributed by atoms with Crippen molar-refractivity contribution in [3.8, 4) is 0 Å². The topological polar surface area (TPSA) is 44.8 Å². The highest BCUT2D eigenvalue weighted by Gasteiger charge is 2.52. The molecule has 27 heavy (non-hydrogen) atoms. The van der Waals surface area contributed by atoms with Crippen LogP contribution in [0, 0.1) is 0 Å². The molecule has 148 valence electrons. The first kappa shape index (κ1) is 23.2. The third-order valence-corrected chi connectivity index (χ3v) is 5.04. The second kappa shape index (κ2) is 9.91. The molecule has 1 fully saturated rings. The van der Waals surface area contributed by atoms with Gasteiger partial charge in [0, 0.05) is 0 Å². The minimum atomic E-state index is -0.300. The van der Waals surface area contributed by atoms with Crippen LogP contribution in [0.15, 0.2) is 36.4 Å². The molecule has 2 aliphatic rings. The van der Waals surface area contributed by atoms with Crippen LogP contribution in [0.5, 0.6) is 0 Å². The van der Waals surface area contributed by atoms with Gasteiger partial charge in [0.25, 0.3) is 6.47 Å². The number of carbonyl (C=O) groups is 1. The van der Waals surface area contributed by atoms with E-state index in [0.717, 1.165) is 11.9 Å². The Balaban J connectivity index is 0.000000541. The lowest BCUT2D eigenvalue weighted by molar-refractivity contribution is -0.126. The lowest BCUT2D eigenvalue weighted by Crippen LogP contribution is -2.41. The predicted molar refractivity (Wildman–Crippen MR) is 113 cm³/mol. The standard InChI is InChI=1S/C18H23BO2.C2H4O2.C2H6/c1-13-9-6-7-10-15-14(13)11-8-12-16(15)19-20-17(2,3)18(4,5)21-19;1-4-2-3;1-2/h6-9,11-12H,10H2,1-5H3;2H,1H3;1-2H3. The normalized spacial score (nSPS) is 18.7. The van der Waals surface area contributed by atoms with Crippen LogP contribution in [0.4, 0.5) is 0 Å². The minimum Gasteiger partial charge on any atom is -0.471 e. The van der Waals surface area contributed by atoms with Gasteiger partial charge < -0.3 is 14.0 Å². The van der Waals surface area contributed by atoms with Crippen LogP contribution in [0.2, 0.25) is 0 Å². The minimum absolute atomic E-state index is 0.288. The zero-order chi connectivity index (χ0) is 20.7. The third-order valence-electron chi connectivity index (χ3n) is 5.04. The Morgan fingerprint density at radius 3 is 2.19 bits per heavy atom. The average molecular weight is 372 g/mol. The zero-order valence-electron chi connectivity index (χ0n) is 18.0. The molecular weight excluding hydrogens is 339 g/mol. The Morgan fingerprint density at radius 1 is 1.11 bits per heavy atom. The van der Waals surface area contributed by atoms with Crippen LogP contribution in [0.1, 0.15) is 59.6 Å². The van der Waals surface area contributed by atoms with Gasteiger partial charge in [0.1, 0.15) is 0 Å². The summed E-state index contributed by atoms with van der Waals surface area (Å²) in [6, 6.07) is 6.41. The molecule has 0 saturated carbocycles. The van der Waals surface area contributed by atoms with Crippen molar-refractivity contribution in [2.45, 2.75) is 66.1 Å². The molecule has 0 atom stereocenters. The molecule has 0 amide bonds. The SMILES string of the molecule is CC.CC1=CC=CCc2c(B3OC(C)(C)C(C)(C)O3)cccc21.COC=O. The number of hydrogen-bond donors (Lipinski definition) is 0. The summed E-state index contributed by atoms with van der Waals surface area (Å²) in [5.41, 5.74) is 4.46. The number of carbonyl (C=O) groups excluding carboxylic acids is 1. The lowest BCUT2D eigenvalue weighted by Gasteiger charge is -2.32. The van der Waals surface area contributed by atoms with Gasteiger partial charge in [-0.1, -0.05) is 50.3 Å². The summed E-state index contributed by atoms with van der Waals surface area (Å²) < 4.78 is 16.3. The molecule has 1 aliphatic heterocycles. The van der Waals surface area contributed by atoms with Gasteiger partial charge >= 0.3 is 7.12 Å². The number of methoxy groups -OCH3 is 1. The highest BCUT2D eigenvalue weighted by Crippen LogP contribution is 2.37. The van der Waals surface area contributed by atoms with Crippen molar-refractivity contribution in [2.75, 3.05) is 7.11 Å². The molecule has 3 rings (SSSR count). The maximum absolute atomic E-state index is 8.95. The van der Waals surface area contributed by atoms with E-state index in [0.29, 0.717) is 6.47 Å². The smallest absolute Gasteiger partial charge is 0.471 e.